The molecule has 1 unspecified atom stereocenters. The van der Waals surface area contributed by atoms with Gasteiger partial charge in [-0.05, 0) is 30.5 Å². The molecular formula is C18H19BrN2O4. The lowest BCUT2D eigenvalue weighted by Crippen LogP contribution is -2.24. The van der Waals surface area contributed by atoms with Crippen LogP contribution in [0.2, 0.25) is 0 Å². The van der Waals surface area contributed by atoms with E-state index in [4.69, 9.17) is 9.47 Å². The number of pyridine rings is 1. The standard InChI is InChI=1S/C18H19BrN2O4/c1-24-15-9-13(14-3-2-8-25-14)21-16(17(15)22)18(23)20-10-11-4-6-12(19)7-5-11/h4-7,9,14,22H,2-3,8,10H2,1H3,(H,20,23). The molecule has 0 aliphatic carbocycles. The smallest absolute Gasteiger partial charge is 0.274 e. The Balaban J connectivity index is 1.80. The van der Waals surface area contributed by atoms with Crippen molar-refractivity contribution in [3.63, 3.8) is 0 Å². The predicted octanol–water partition coefficient (Wildman–Crippen LogP) is 3.34. The van der Waals surface area contributed by atoms with E-state index in [2.05, 4.69) is 26.2 Å². The summed E-state index contributed by atoms with van der Waals surface area (Å²) in [5.74, 6) is -0.509. The van der Waals surface area contributed by atoms with Crippen LogP contribution in [0.4, 0.5) is 0 Å². The van der Waals surface area contributed by atoms with Crippen molar-refractivity contribution >= 4 is 21.8 Å². The number of ether oxygens (including phenoxy) is 2. The van der Waals surface area contributed by atoms with Gasteiger partial charge in [-0.15, -0.1) is 0 Å². The summed E-state index contributed by atoms with van der Waals surface area (Å²) in [5, 5.41) is 13.0. The number of nitrogens with zero attached hydrogens (tertiary/aromatic N) is 1. The fraction of sp³-hybridized carbons (Fsp3) is 0.333. The first-order chi connectivity index (χ1) is 12.1. The Hall–Kier alpha value is -2.12. The Kier molecular flexibility index (Phi) is 5.55. The predicted molar refractivity (Wildman–Crippen MR) is 95.7 cm³/mol. The summed E-state index contributed by atoms with van der Waals surface area (Å²) < 4.78 is 11.8. The lowest BCUT2D eigenvalue weighted by molar-refractivity contribution is 0.0935. The number of benzene rings is 1. The molecule has 2 heterocycles. The maximum Gasteiger partial charge on any atom is 0.274 e. The van der Waals surface area contributed by atoms with Crippen LogP contribution >= 0.6 is 15.9 Å². The van der Waals surface area contributed by atoms with Crippen LogP contribution < -0.4 is 10.1 Å². The van der Waals surface area contributed by atoms with Gasteiger partial charge in [0, 0.05) is 23.7 Å². The average molecular weight is 407 g/mol. The topological polar surface area (TPSA) is 80.7 Å². The number of hydrogen-bond acceptors (Lipinski definition) is 5. The first-order valence-corrected chi connectivity index (χ1v) is 8.80. The molecule has 1 aliphatic heterocycles. The van der Waals surface area contributed by atoms with E-state index < -0.39 is 5.91 Å². The Morgan fingerprint density at radius 1 is 1.44 bits per heavy atom. The third kappa shape index (κ3) is 4.11. The van der Waals surface area contributed by atoms with E-state index in [1.165, 1.54) is 7.11 Å². The first kappa shape index (κ1) is 17.7. The number of hydrogen-bond donors (Lipinski definition) is 2. The van der Waals surface area contributed by atoms with Gasteiger partial charge in [-0.25, -0.2) is 4.98 Å². The van der Waals surface area contributed by atoms with Crippen LogP contribution in [0.3, 0.4) is 0 Å². The molecule has 0 radical (unpaired) electrons. The van der Waals surface area contributed by atoms with Gasteiger partial charge in [0.15, 0.2) is 17.2 Å². The zero-order valence-electron chi connectivity index (χ0n) is 13.8. The van der Waals surface area contributed by atoms with Crippen LogP contribution in [0.5, 0.6) is 11.5 Å². The van der Waals surface area contributed by atoms with Crippen molar-refractivity contribution in [2.75, 3.05) is 13.7 Å². The van der Waals surface area contributed by atoms with Gasteiger partial charge in [-0.3, -0.25) is 4.79 Å². The minimum absolute atomic E-state index is 0.0537. The minimum Gasteiger partial charge on any atom is -0.503 e. The Morgan fingerprint density at radius 3 is 2.84 bits per heavy atom. The maximum atomic E-state index is 12.5. The molecule has 0 bridgehead atoms. The third-order valence-corrected chi connectivity index (χ3v) is 4.57. The van der Waals surface area contributed by atoms with Crippen LogP contribution in [0.1, 0.15) is 40.7 Å². The second-order valence-electron chi connectivity index (χ2n) is 5.76. The number of nitrogens with one attached hydrogen (secondary N) is 1. The third-order valence-electron chi connectivity index (χ3n) is 4.04. The van der Waals surface area contributed by atoms with Gasteiger partial charge in [0.1, 0.15) is 0 Å². The Labute approximate surface area is 154 Å². The van der Waals surface area contributed by atoms with E-state index in [1.807, 2.05) is 24.3 Å². The molecule has 0 spiro atoms. The largest absolute Gasteiger partial charge is 0.503 e. The molecular weight excluding hydrogens is 388 g/mol. The normalized spacial score (nSPS) is 16.6. The number of halogens is 1. The van der Waals surface area contributed by atoms with Gasteiger partial charge in [0.25, 0.3) is 5.91 Å². The molecule has 1 aromatic carbocycles. The van der Waals surface area contributed by atoms with Crippen molar-refractivity contribution in [3.05, 3.63) is 51.8 Å². The van der Waals surface area contributed by atoms with Gasteiger partial charge >= 0.3 is 0 Å². The molecule has 25 heavy (non-hydrogen) atoms. The quantitative estimate of drug-likeness (QED) is 0.795. The highest BCUT2D eigenvalue weighted by Gasteiger charge is 2.25. The van der Waals surface area contributed by atoms with Crippen molar-refractivity contribution in [1.82, 2.24) is 10.3 Å². The molecule has 1 saturated heterocycles. The van der Waals surface area contributed by atoms with E-state index in [1.54, 1.807) is 6.07 Å². The van der Waals surface area contributed by atoms with Gasteiger partial charge in [0.05, 0.1) is 18.9 Å². The van der Waals surface area contributed by atoms with Crippen molar-refractivity contribution < 1.29 is 19.4 Å². The van der Waals surface area contributed by atoms with Crippen LogP contribution in [-0.2, 0) is 11.3 Å². The summed E-state index contributed by atoms with van der Waals surface area (Å²) in [5.41, 5.74) is 1.49. The first-order valence-electron chi connectivity index (χ1n) is 8.00. The maximum absolute atomic E-state index is 12.5. The zero-order chi connectivity index (χ0) is 17.8. The molecule has 1 atom stereocenters. The zero-order valence-corrected chi connectivity index (χ0v) is 15.4. The molecule has 1 amide bonds. The van der Waals surface area contributed by atoms with Gasteiger partial charge in [-0.1, -0.05) is 28.1 Å². The summed E-state index contributed by atoms with van der Waals surface area (Å²) in [7, 11) is 1.44. The van der Waals surface area contributed by atoms with Crippen molar-refractivity contribution in [3.8, 4) is 11.5 Å². The van der Waals surface area contributed by atoms with Gasteiger partial charge < -0.3 is 19.9 Å². The lowest BCUT2D eigenvalue weighted by atomic mass is 10.1. The molecule has 132 valence electrons. The molecule has 1 aromatic heterocycles. The van der Waals surface area contributed by atoms with E-state index in [9.17, 15) is 9.90 Å². The van der Waals surface area contributed by atoms with E-state index in [-0.39, 0.29) is 23.3 Å². The average Bonchev–Trinajstić information content (AvgIpc) is 3.16. The highest BCUT2D eigenvalue weighted by molar-refractivity contribution is 9.10. The summed E-state index contributed by atoms with van der Waals surface area (Å²) >= 11 is 3.37. The number of carbonyl (C=O) groups is 1. The number of aromatic nitrogens is 1. The second kappa shape index (κ2) is 7.84. The Morgan fingerprint density at radius 2 is 2.20 bits per heavy atom. The van der Waals surface area contributed by atoms with Crippen molar-refractivity contribution in [1.29, 1.82) is 0 Å². The number of aromatic hydroxyl groups is 1. The van der Waals surface area contributed by atoms with Crippen LogP contribution in [-0.4, -0.2) is 29.7 Å². The number of amides is 1. The minimum atomic E-state index is -0.460. The van der Waals surface area contributed by atoms with Crippen LogP contribution in [0.15, 0.2) is 34.8 Å². The summed E-state index contributed by atoms with van der Waals surface area (Å²) in [6.45, 7) is 1.00. The highest BCUT2D eigenvalue weighted by atomic mass is 79.9. The van der Waals surface area contributed by atoms with Crippen LogP contribution in [0.25, 0.3) is 0 Å². The summed E-state index contributed by atoms with van der Waals surface area (Å²) in [6, 6.07) is 9.23. The van der Waals surface area contributed by atoms with Gasteiger partial charge in [0.2, 0.25) is 0 Å². The number of rotatable bonds is 5. The lowest BCUT2D eigenvalue weighted by Gasteiger charge is -2.14. The Bertz CT molecular complexity index is 758. The molecule has 2 N–H and O–H groups in total. The monoisotopic (exact) mass is 406 g/mol. The molecule has 1 aliphatic rings. The number of carbonyl (C=O) groups excluding carboxylic acids is 1. The number of methoxy groups -OCH3 is 1. The molecule has 2 aromatic rings. The molecule has 0 saturated carbocycles. The SMILES string of the molecule is COc1cc(C2CCCO2)nc(C(=O)NCc2ccc(Br)cc2)c1O. The summed E-state index contributed by atoms with van der Waals surface area (Å²) in [4.78, 5) is 16.8. The highest BCUT2D eigenvalue weighted by Crippen LogP contribution is 2.35. The molecule has 3 rings (SSSR count). The summed E-state index contributed by atoms with van der Waals surface area (Å²) in [6.07, 6.45) is 1.61. The molecule has 6 nitrogen and oxygen atoms in total. The van der Waals surface area contributed by atoms with E-state index in [0.29, 0.717) is 18.8 Å². The van der Waals surface area contributed by atoms with Crippen LogP contribution in [0, 0.1) is 0 Å². The molecule has 1 fully saturated rings. The van der Waals surface area contributed by atoms with Crippen molar-refractivity contribution in [2.45, 2.75) is 25.5 Å². The van der Waals surface area contributed by atoms with Gasteiger partial charge in [-0.2, -0.15) is 0 Å². The van der Waals surface area contributed by atoms with Crippen molar-refractivity contribution in [2.24, 2.45) is 0 Å². The second-order valence-corrected chi connectivity index (χ2v) is 6.67. The fourth-order valence-electron chi connectivity index (χ4n) is 2.69. The van der Waals surface area contributed by atoms with E-state index in [0.717, 1.165) is 22.9 Å². The fourth-order valence-corrected chi connectivity index (χ4v) is 2.96. The molecule has 7 heteroatoms. The van der Waals surface area contributed by atoms with E-state index >= 15 is 0 Å².